The standard InChI is InChI=1S/C13H14FNO2/c1-9-8-15(13(16)5-6-17-2)12-4-3-10(14)7-11(9)12/h3-4,7-8H,5-6H2,1-2H3. The Morgan fingerprint density at radius 1 is 1.47 bits per heavy atom. The van der Waals surface area contributed by atoms with E-state index in [0.29, 0.717) is 13.0 Å². The maximum Gasteiger partial charge on any atom is 0.233 e. The van der Waals surface area contributed by atoms with E-state index in [4.69, 9.17) is 4.74 Å². The number of hydrogen-bond acceptors (Lipinski definition) is 2. The van der Waals surface area contributed by atoms with Crippen LogP contribution in [0, 0.1) is 12.7 Å². The smallest absolute Gasteiger partial charge is 0.233 e. The van der Waals surface area contributed by atoms with Crippen molar-refractivity contribution in [3.63, 3.8) is 0 Å². The van der Waals surface area contributed by atoms with Crippen LogP contribution >= 0.6 is 0 Å². The largest absolute Gasteiger partial charge is 0.384 e. The van der Waals surface area contributed by atoms with Crippen LogP contribution in [0.2, 0.25) is 0 Å². The van der Waals surface area contributed by atoms with Crippen LogP contribution in [0.5, 0.6) is 0 Å². The Morgan fingerprint density at radius 2 is 2.24 bits per heavy atom. The summed E-state index contributed by atoms with van der Waals surface area (Å²) in [7, 11) is 1.56. The number of hydrogen-bond donors (Lipinski definition) is 0. The summed E-state index contributed by atoms with van der Waals surface area (Å²) in [6.45, 7) is 2.25. The number of aromatic nitrogens is 1. The number of rotatable bonds is 3. The van der Waals surface area contributed by atoms with Gasteiger partial charge in [-0.3, -0.25) is 9.36 Å². The molecule has 90 valence electrons. The van der Waals surface area contributed by atoms with Crippen molar-refractivity contribution in [3.8, 4) is 0 Å². The molecule has 0 saturated heterocycles. The molecule has 0 fully saturated rings. The van der Waals surface area contributed by atoms with Gasteiger partial charge in [-0.25, -0.2) is 4.39 Å². The van der Waals surface area contributed by atoms with Crippen molar-refractivity contribution in [1.29, 1.82) is 0 Å². The molecule has 0 aliphatic heterocycles. The van der Waals surface area contributed by atoms with Gasteiger partial charge in [0.05, 0.1) is 18.5 Å². The Labute approximate surface area is 98.8 Å². The van der Waals surface area contributed by atoms with Crippen LogP contribution in [-0.4, -0.2) is 24.2 Å². The molecule has 0 N–H and O–H groups in total. The van der Waals surface area contributed by atoms with Crippen LogP contribution in [0.4, 0.5) is 4.39 Å². The summed E-state index contributed by atoms with van der Waals surface area (Å²) in [6, 6.07) is 4.44. The number of methoxy groups -OCH3 is 1. The minimum absolute atomic E-state index is 0.0449. The van der Waals surface area contributed by atoms with E-state index in [1.54, 1.807) is 23.9 Å². The van der Waals surface area contributed by atoms with E-state index in [1.165, 1.54) is 12.1 Å². The molecule has 1 aromatic heterocycles. The molecule has 0 aliphatic rings. The fraction of sp³-hybridized carbons (Fsp3) is 0.308. The van der Waals surface area contributed by atoms with E-state index in [1.807, 2.05) is 6.92 Å². The van der Waals surface area contributed by atoms with Gasteiger partial charge in [0.15, 0.2) is 0 Å². The van der Waals surface area contributed by atoms with Crippen LogP contribution in [0.3, 0.4) is 0 Å². The number of aryl methyl sites for hydroxylation is 1. The van der Waals surface area contributed by atoms with Gasteiger partial charge in [0, 0.05) is 18.7 Å². The monoisotopic (exact) mass is 235 g/mol. The maximum absolute atomic E-state index is 13.1. The summed E-state index contributed by atoms with van der Waals surface area (Å²) >= 11 is 0. The van der Waals surface area contributed by atoms with E-state index in [2.05, 4.69) is 0 Å². The zero-order chi connectivity index (χ0) is 12.4. The normalized spacial score (nSPS) is 11.0. The van der Waals surface area contributed by atoms with Crippen LogP contribution in [0.15, 0.2) is 24.4 Å². The molecule has 0 aliphatic carbocycles. The highest BCUT2D eigenvalue weighted by Gasteiger charge is 2.11. The summed E-state index contributed by atoms with van der Waals surface area (Å²) in [5.41, 5.74) is 1.63. The average molecular weight is 235 g/mol. The molecule has 3 nitrogen and oxygen atoms in total. The third kappa shape index (κ3) is 2.22. The molecule has 0 saturated carbocycles. The van der Waals surface area contributed by atoms with Gasteiger partial charge >= 0.3 is 0 Å². The molecule has 0 spiro atoms. The highest BCUT2D eigenvalue weighted by atomic mass is 19.1. The van der Waals surface area contributed by atoms with Gasteiger partial charge in [0.2, 0.25) is 5.91 Å². The molecular formula is C13H14FNO2. The summed E-state index contributed by atoms with van der Waals surface area (Å²) < 4.78 is 19.6. The van der Waals surface area contributed by atoms with Crippen molar-refractivity contribution in [3.05, 3.63) is 35.8 Å². The van der Waals surface area contributed by atoms with Gasteiger partial charge in [-0.1, -0.05) is 0 Å². The van der Waals surface area contributed by atoms with Crippen molar-refractivity contribution < 1.29 is 13.9 Å². The SMILES string of the molecule is COCCC(=O)n1cc(C)c2cc(F)ccc21. The minimum atomic E-state index is -0.289. The average Bonchev–Trinajstić information content (AvgIpc) is 2.64. The Morgan fingerprint density at radius 3 is 2.94 bits per heavy atom. The lowest BCUT2D eigenvalue weighted by atomic mass is 10.2. The first-order chi connectivity index (χ1) is 8.13. The van der Waals surface area contributed by atoms with Crippen molar-refractivity contribution >= 4 is 16.8 Å². The third-order valence-electron chi connectivity index (χ3n) is 2.75. The van der Waals surface area contributed by atoms with Crippen LogP contribution in [0.25, 0.3) is 10.9 Å². The van der Waals surface area contributed by atoms with Gasteiger partial charge in [-0.15, -0.1) is 0 Å². The number of benzene rings is 1. The second kappa shape index (κ2) is 4.67. The van der Waals surface area contributed by atoms with E-state index in [-0.39, 0.29) is 11.7 Å². The summed E-state index contributed by atoms with van der Waals surface area (Å²) in [6.07, 6.45) is 2.05. The molecular weight excluding hydrogens is 221 g/mol. The molecule has 4 heteroatoms. The Balaban J connectivity index is 2.45. The van der Waals surface area contributed by atoms with Crippen LogP contribution in [-0.2, 0) is 4.74 Å². The number of carbonyl (C=O) groups is 1. The first-order valence-electron chi connectivity index (χ1n) is 5.43. The highest BCUT2D eigenvalue weighted by molar-refractivity contribution is 5.94. The number of ether oxygens (including phenoxy) is 1. The lowest BCUT2D eigenvalue weighted by Crippen LogP contribution is -2.11. The van der Waals surface area contributed by atoms with Crippen molar-refractivity contribution in [2.45, 2.75) is 13.3 Å². The topological polar surface area (TPSA) is 31.2 Å². The highest BCUT2D eigenvalue weighted by Crippen LogP contribution is 2.22. The molecule has 2 aromatic rings. The third-order valence-corrected chi connectivity index (χ3v) is 2.75. The first kappa shape index (κ1) is 11.8. The second-order valence-corrected chi connectivity index (χ2v) is 3.98. The van der Waals surface area contributed by atoms with Gasteiger partial charge in [-0.2, -0.15) is 0 Å². The summed E-state index contributed by atoms with van der Waals surface area (Å²) in [4.78, 5) is 11.9. The molecule has 0 atom stereocenters. The molecule has 0 bridgehead atoms. The van der Waals surface area contributed by atoms with Crippen molar-refractivity contribution in [1.82, 2.24) is 4.57 Å². The zero-order valence-corrected chi connectivity index (χ0v) is 9.87. The predicted molar refractivity (Wildman–Crippen MR) is 63.8 cm³/mol. The summed E-state index contributed by atoms with van der Waals surface area (Å²) in [5.74, 6) is -0.334. The Hall–Kier alpha value is -1.68. The molecule has 0 radical (unpaired) electrons. The molecule has 0 unspecified atom stereocenters. The van der Waals surface area contributed by atoms with E-state index >= 15 is 0 Å². The Bertz CT molecular complexity index is 560. The van der Waals surface area contributed by atoms with Crippen molar-refractivity contribution in [2.75, 3.05) is 13.7 Å². The van der Waals surface area contributed by atoms with Crippen molar-refractivity contribution in [2.24, 2.45) is 0 Å². The first-order valence-corrected chi connectivity index (χ1v) is 5.43. The maximum atomic E-state index is 13.1. The minimum Gasteiger partial charge on any atom is -0.384 e. The van der Waals surface area contributed by atoms with Crippen LogP contribution < -0.4 is 0 Å². The molecule has 2 rings (SSSR count). The van der Waals surface area contributed by atoms with E-state index in [9.17, 15) is 9.18 Å². The number of nitrogens with zero attached hydrogens (tertiary/aromatic N) is 1. The predicted octanol–water partition coefficient (Wildman–Crippen LogP) is 2.77. The van der Waals surface area contributed by atoms with Crippen LogP contribution in [0.1, 0.15) is 16.8 Å². The number of halogens is 1. The van der Waals surface area contributed by atoms with E-state index < -0.39 is 0 Å². The van der Waals surface area contributed by atoms with Gasteiger partial charge in [0.25, 0.3) is 0 Å². The molecule has 17 heavy (non-hydrogen) atoms. The second-order valence-electron chi connectivity index (χ2n) is 3.98. The van der Waals surface area contributed by atoms with Gasteiger partial charge < -0.3 is 4.74 Å². The lowest BCUT2D eigenvalue weighted by Gasteiger charge is -2.03. The fourth-order valence-corrected chi connectivity index (χ4v) is 1.88. The number of fused-ring (bicyclic) bond motifs is 1. The lowest BCUT2D eigenvalue weighted by molar-refractivity contribution is 0.0856. The summed E-state index contributed by atoms with van der Waals surface area (Å²) in [5, 5.41) is 0.774. The van der Waals surface area contributed by atoms with Gasteiger partial charge in [-0.05, 0) is 30.7 Å². The quantitative estimate of drug-likeness (QED) is 0.819. The van der Waals surface area contributed by atoms with Gasteiger partial charge in [0.1, 0.15) is 5.82 Å². The zero-order valence-electron chi connectivity index (χ0n) is 9.87. The molecule has 1 heterocycles. The number of carbonyl (C=O) groups excluding carboxylic acids is 1. The fourth-order valence-electron chi connectivity index (χ4n) is 1.88. The molecule has 1 aromatic carbocycles. The molecule has 0 amide bonds. The van der Waals surface area contributed by atoms with E-state index in [0.717, 1.165) is 16.5 Å². The Kier molecular flexibility index (Phi) is 3.24.